The topological polar surface area (TPSA) is 81.6 Å². The lowest BCUT2D eigenvalue weighted by atomic mass is 10.2. The first-order valence-corrected chi connectivity index (χ1v) is 6.04. The molecule has 1 aromatic rings. The number of phenolic OH excluding ortho intramolecular Hbond substituents is 1. The molecule has 0 saturated heterocycles. The number of hydrogen-bond acceptors (Lipinski definition) is 4. The van der Waals surface area contributed by atoms with Crippen LogP contribution in [0.25, 0.3) is 0 Å². The fraction of sp³-hybridized carbons (Fsp3) is 0.417. The minimum absolute atomic E-state index is 0.103. The second kappa shape index (κ2) is 7.20. The van der Waals surface area contributed by atoms with Gasteiger partial charge in [-0.25, -0.2) is 0 Å². The van der Waals surface area contributed by atoms with Gasteiger partial charge in [-0.3, -0.25) is 4.79 Å². The molecule has 1 atom stereocenters. The van der Waals surface area contributed by atoms with Crippen LogP contribution in [-0.4, -0.2) is 41.9 Å². The third-order valence-corrected chi connectivity index (χ3v) is 2.47. The van der Waals surface area contributed by atoms with Gasteiger partial charge in [-0.15, -0.1) is 0 Å². The molecule has 18 heavy (non-hydrogen) atoms. The first-order chi connectivity index (χ1) is 8.50. The predicted molar refractivity (Wildman–Crippen MR) is 70.0 cm³/mol. The van der Waals surface area contributed by atoms with E-state index in [4.69, 9.17) is 16.7 Å². The molecule has 1 aromatic carbocycles. The van der Waals surface area contributed by atoms with Crippen molar-refractivity contribution in [2.24, 2.45) is 0 Å². The summed E-state index contributed by atoms with van der Waals surface area (Å²) in [6.07, 6.45) is -0.419. The van der Waals surface area contributed by atoms with Gasteiger partial charge < -0.3 is 20.8 Å². The molecule has 4 N–H and O–H groups in total. The molecule has 0 aromatic heterocycles. The summed E-state index contributed by atoms with van der Waals surface area (Å²) in [5.74, 6) is -0.484. The molecule has 0 bridgehead atoms. The number of halogens is 1. The zero-order valence-electron chi connectivity index (χ0n) is 10.1. The van der Waals surface area contributed by atoms with Gasteiger partial charge >= 0.3 is 0 Å². The van der Waals surface area contributed by atoms with Crippen molar-refractivity contribution in [3.05, 3.63) is 28.8 Å². The number of phenols is 1. The Morgan fingerprint density at radius 1 is 1.44 bits per heavy atom. The molecule has 0 aliphatic heterocycles. The van der Waals surface area contributed by atoms with Crippen molar-refractivity contribution < 1.29 is 15.0 Å². The van der Waals surface area contributed by atoms with E-state index in [2.05, 4.69) is 10.6 Å². The third kappa shape index (κ3) is 4.91. The van der Waals surface area contributed by atoms with E-state index in [9.17, 15) is 9.90 Å². The minimum Gasteiger partial charge on any atom is -0.507 e. The third-order valence-electron chi connectivity index (χ3n) is 2.23. The largest absolute Gasteiger partial charge is 0.507 e. The molecule has 6 heteroatoms. The van der Waals surface area contributed by atoms with Crippen LogP contribution in [0.15, 0.2) is 18.2 Å². The Labute approximate surface area is 111 Å². The summed E-state index contributed by atoms with van der Waals surface area (Å²) in [5.41, 5.74) is 0.151. The van der Waals surface area contributed by atoms with Gasteiger partial charge in [0, 0.05) is 24.7 Å². The molecule has 0 saturated carbocycles. The zero-order chi connectivity index (χ0) is 13.5. The highest BCUT2D eigenvalue weighted by Gasteiger charge is 2.10. The van der Waals surface area contributed by atoms with Crippen molar-refractivity contribution in [3.8, 4) is 5.75 Å². The van der Waals surface area contributed by atoms with Gasteiger partial charge in [0.15, 0.2) is 0 Å². The van der Waals surface area contributed by atoms with Gasteiger partial charge in [0.25, 0.3) is 5.91 Å². The van der Waals surface area contributed by atoms with Crippen molar-refractivity contribution in [3.63, 3.8) is 0 Å². The predicted octanol–water partition coefficient (Wildman–Crippen LogP) is 0.746. The van der Waals surface area contributed by atoms with Crippen LogP contribution in [-0.2, 0) is 0 Å². The summed E-state index contributed by atoms with van der Waals surface area (Å²) in [7, 11) is 0. The molecule has 0 spiro atoms. The van der Waals surface area contributed by atoms with Crippen LogP contribution < -0.4 is 10.6 Å². The van der Waals surface area contributed by atoms with E-state index in [1.165, 1.54) is 18.2 Å². The highest BCUT2D eigenvalue weighted by atomic mass is 35.5. The summed E-state index contributed by atoms with van der Waals surface area (Å²) in [4.78, 5) is 11.7. The van der Waals surface area contributed by atoms with Crippen molar-refractivity contribution in [2.75, 3.05) is 19.6 Å². The molecule has 1 rings (SSSR count). The van der Waals surface area contributed by atoms with Crippen molar-refractivity contribution >= 4 is 17.5 Å². The fourth-order valence-electron chi connectivity index (χ4n) is 1.36. The fourth-order valence-corrected chi connectivity index (χ4v) is 1.53. The van der Waals surface area contributed by atoms with E-state index in [1.807, 2.05) is 0 Å². The van der Waals surface area contributed by atoms with E-state index < -0.39 is 6.10 Å². The molecular formula is C12H17ClN2O3. The number of hydrogen-bond donors (Lipinski definition) is 4. The molecular weight excluding hydrogens is 256 g/mol. The van der Waals surface area contributed by atoms with Crippen molar-refractivity contribution in [1.29, 1.82) is 0 Å². The van der Waals surface area contributed by atoms with E-state index in [0.717, 1.165) is 0 Å². The summed E-state index contributed by atoms with van der Waals surface area (Å²) in [5, 5.41) is 24.5. The number of carbonyl (C=O) groups is 1. The SMILES string of the molecule is CC(O)CNCCNC(=O)c1cc(Cl)ccc1O. The van der Waals surface area contributed by atoms with Gasteiger partial charge in [0.05, 0.1) is 11.7 Å². The average molecular weight is 273 g/mol. The molecule has 0 fully saturated rings. The summed E-state index contributed by atoms with van der Waals surface area (Å²) >= 11 is 5.75. The number of rotatable bonds is 6. The van der Waals surface area contributed by atoms with Gasteiger partial charge in [-0.2, -0.15) is 0 Å². The van der Waals surface area contributed by atoms with E-state index in [0.29, 0.717) is 24.7 Å². The van der Waals surface area contributed by atoms with E-state index in [1.54, 1.807) is 6.92 Å². The van der Waals surface area contributed by atoms with E-state index in [-0.39, 0.29) is 17.2 Å². The van der Waals surface area contributed by atoms with Crippen LogP contribution in [0.4, 0.5) is 0 Å². The Hall–Kier alpha value is -1.30. The Morgan fingerprint density at radius 2 is 2.17 bits per heavy atom. The van der Waals surface area contributed by atoms with E-state index >= 15 is 0 Å². The molecule has 0 heterocycles. The zero-order valence-corrected chi connectivity index (χ0v) is 10.9. The van der Waals surface area contributed by atoms with Crippen LogP contribution in [0.2, 0.25) is 5.02 Å². The van der Waals surface area contributed by atoms with Gasteiger partial charge in [-0.05, 0) is 25.1 Å². The van der Waals surface area contributed by atoms with Crippen LogP contribution >= 0.6 is 11.6 Å². The van der Waals surface area contributed by atoms with Crippen molar-refractivity contribution in [1.82, 2.24) is 10.6 Å². The Morgan fingerprint density at radius 3 is 2.83 bits per heavy atom. The van der Waals surface area contributed by atoms with Crippen LogP contribution in [0.5, 0.6) is 5.75 Å². The molecule has 0 aliphatic carbocycles. The number of aliphatic hydroxyl groups excluding tert-OH is 1. The highest BCUT2D eigenvalue weighted by Crippen LogP contribution is 2.20. The molecule has 0 aliphatic rings. The Kier molecular flexibility index (Phi) is 5.91. The first kappa shape index (κ1) is 14.8. The normalized spacial score (nSPS) is 12.2. The summed E-state index contributed by atoms with van der Waals surface area (Å²) in [6.45, 7) is 3.09. The Bertz CT molecular complexity index is 410. The maximum atomic E-state index is 11.7. The van der Waals surface area contributed by atoms with Crippen LogP contribution in [0.3, 0.4) is 0 Å². The lowest BCUT2D eigenvalue weighted by Gasteiger charge is -2.09. The standard InChI is InChI=1S/C12H17ClN2O3/c1-8(16)7-14-4-5-15-12(18)10-6-9(13)2-3-11(10)17/h2-3,6,8,14,16-17H,4-5,7H2,1H3,(H,15,18). The number of benzene rings is 1. The lowest BCUT2D eigenvalue weighted by Crippen LogP contribution is -2.34. The maximum Gasteiger partial charge on any atom is 0.255 e. The molecule has 5 nitrogen and oxygen atoms in total. The van der Waals surface area contributed by atoms with Crippen molar-refractivity contribution in [2.45, 2.75) is 13.0 Å². The summed E-state index contributed by atoms with van der Waals surface area (Å²) in [6, 6.07) is 4.30. The Balaban J connectivity index is 2.39. The monoisotopic (exact) mass is 272 g/mol. The number of nitrogens with one attached hydrogen (secondary N) is 2. The molecule has 1 amide bonds. The maximum absolute atomic E-state index is 11.7. The van der Waals surface area contributed by atoms with Crippen LogP contribution in [0, 0.1) is 0 Å². The summed E-state index contributed by atoms with van der Waals surface area (Å²) < 4.78 is 0. The number of aliphatic hydroxyl groups is 1. The van der Waals surface area contributed by atoms with Gasteiger partial charge in [0.1, 0.15) is 5.75 Å². The first-order valence-electron chi connectivity index (χ1n) is 5.66. The van der Waals surface area contributed by atoms with Gasteiger partial charge in [-0.1, -0.05) is 11.6 Å². The lowest BCUT2D eigenvalue weighted by molar-refractivity contribution is 0.0951. The second-order valence-corrected chi connectivity index (χ2v) is 4.41. The van der Waals surface area contributed by atoms with Crippen LogP contribution in [0.1, 0.15) is 17.3 Å². The highest BCUT2D eigenvalue weighted by molar-refractivity contribution is 6.31. The average Bonchev–Trinajstić information content (AvgIpc) is 2.31. The quantitative estimate of drug-likeness (QED) is 0.576. The minimum atomic E-state index is -0.419. The smallest absolute Gasteiger partial charge is 0.255 e. The molecule has 0 radical (unpaired) electrons. The molecule has 1 unspecified atom stereocenters. The molecule has 100 valence electrons. The second-order valence-electron chi connectivity index (χ2n) is 3.97. The number of carbonyl (C=O) groups excluding carboxylic acids is 1. The number of amides is 1. The number of aromatic hydroxyl groups is 1. The van der Waals surface area contributed by atoms with Gasteiger partial charge in [0.2, 0.25) is 0 Å².